The van der Waals surface area contributed by atoms with Gasteiger partial charge in [-0.15, -0.1) is 11.3 Å². The van der Waals surface area contributed by atoms with Crippen molar-refractivity contribution in [1.82, 2.24) is 19.6 Å². The van der Waals surface area contributed by atoms with E-state index in [0.717, 1.165) is 58.4 Å². The number of hydrogen-bond donors (Lipinski definition) is 2. The van der Waals surface area contributed by atoms with Crippen LogP contribution < -0.4 is 10.3 Å². The molecule has 1 fully saturated rings. The molecular weight excluding hydrogens is 428 g/mol. The fourth-order valence-electron chi connectivity index (χ4n) is 3.91. The number of aromatic nitrogens is 2. The van der Waals surface area contributed by atoms with Gasteiger partial charge >= 0.3 is 0 Å². The number of rotatable bonds is 7. The van der Waals surface area contributed by atoms with Crippen molar-refractivity contribution in [3.05, 3.63) is 69.9 Å². The molecular formula is C23H28N4O2S2. The molecule has 0 bridgehead atoms. The van der Waals surface area contributed by atoms with E-state index in [2.05, 4.69) is 31.7 Å². The third kappa shape index (κ3) is 5.38. The topological polar surface area (TPSA) is 78.1 Å². The van der Waals surface area contributed by atoms with Crippen LogP contribution in [0.1, 0.15) is 36.6 Å². The fourth-order valence-corrected chi connectivity index (χ4v) is 6.29. The molecule has 0 radical (unpaired) electrons. The minimum Gasteiger partial charge on any atom is -0.326 e. The monoisotopic (exact) mass is 456 g/mol. The summed E-state index contributed by atoms with van der Waals surface area (Å²) >= 11 is 1.52. The lowest BCUT2D eigenvalue weighted by atomic mass is 10.1. The lowest BCUT2D eigenvalue weighted by molar-refractivity contribution is 0.200. The summed E-state index contributed by atoms with van der Waals surface area (Å²) in [4.78, 5) is 22.5. The number of thiophene rings is 1. The number of likely N-dealkylation sites (tertiary alicyclic amines) is 1. The third-order valence-corrected chi connectivity index (χ3v) is 8.41. The molecule has 4 heterocycles. The van der Waals surface area contributed by atoms with E-state index >= 15 is 0 Å². The molecule has 1 unspecified atom stereocenters. The number of nitrogens with one attached hydrogen (secondary N) is 2. The van der Waals surface area contributed by atoms with Crippen molar-refractivity contribution in [2.24, 2.45) is 0 Å². The Balaban J connectivity index is 1.35. The average molecular weight is 457 g/mol. The van der Waals surface area contributed by atoms with Crippen molar-refractivity contribution in [2.75, 3.05) is 13.1 Å². The van der Waals surface area contributed by atoms with E-state index in [-0.39, 0.29) is 11.6 Å². The molecule has 0 aliphatic carbocycles. The summed E-state index contributed by atoms with van der Waals surface area (Å²) in [6, 6.07) is 10.2. The van der Waals surface area contributed by atoms with E-state index in [0.29, 0.717) is 6.42 Å². The van der Waals surface area contributed by atoms with Crippen LogP contribution in [0.2, 0.25) is 0 Å². The molecule has 2 N–H and O–H groups in total. The summed E-state index contributed by atoms with van der Waals surface area (Å²) < 4.78 is 17.1. The van der Waals surface area contributed by atoms with Gasteiger partial charge in [0.2, 0.25) is 0 Å². The van der Waals surface area contributed by atoms with E-state index in [1.54, 1.807) is 0 Å². The van der Waals surface area contributed by atoms with Crippen molar-refractivity contribution < 1.29 is 4.21 Å². The maximum absolute atomic E-state index is 12.9. The first kappa shape index (κ1) is 22.1. The van der Waals surface area contributed by atoms with Crippen LogP contribution in [0.25, 0.3) is 10.4 Å². The van der Waals surface area contributed by atoms with Crippen LogP contribution in [0.4, 0.5) is 0 Å². The highest BCUT2D eigenvalue weighted by atomic mass is 32.2. The van der Waals surface area contributed by atoms with Crippen molar-refractivity contribution in [2.45, 2.75) is 49.9 Å². The molecule has 0 amide bonds. The maximum atomic E-state index is 12.9. The van der Waals surface area contributed by atoms with E-state index in [1.807, 2.05) is 44.4 Å². The van der Waals surface area contributed by atoms with Gasteiger partial charge in [0, 0.05) is 59.8 Å². The zero-order chi connectivity index (χ0) is 21.8. The predicted molar refractivity (Wildman–Crippen MR) is 127 cm³/mol. The Hall–Kier alpha value is -2.13. The van der Waals surface area contributed by atoms with Gasteiger partial charge in [0.1, 0.15) is 15.2 Å². The normalized spacial score (nSPS) is 16.5. The van der Waals surface area contributed by atoms with Crippen molar-refractivity contribution >= 4 is 22.3 Å². The molecule has 1 aliphatic rings. The molecule has 0 aromatic carbocycles. The molecule has 6 nitrogen and oxygen atoms in total. The molecule has 1 saturated heterocycles. The third-order valence-electron chi connectivity index (χ3n) is 5.74. The highest BCUT2D eigenvalue weighted by Crippen LogP contribution is 2.31. The summed E-state index contributed by atoms with van der Waals surface area (Å²) in [5.74, 6) is 0. The number of pyridine rings is 2. The van der Waals surface area contributed by atoms with Crippen LogP contribution in [-0.4, -0.2) is 38.2 Å². The van der Waals surface area contributed by atoms with Crippen LogP contribution in [0.15, 0.2) is 51.7 Å². The van der Waals surface area contributed by atoms with Crippen LogP contribution in [0, 0.1) is 6.92 Å². The second-order valence-electron chi connectivity index (χ2n) is 7.93. The van der Waals surface area contributed by atoms with Crippen molar-refractivity contribution in [1.29, 1.82) is 0 Å². The Kier molecular flexibility index (Phi) is 7.12. The Bertz CT molecular complexity index is 1100. The van der Waals surface area contributed by atoms with Crippen LogP contribution >= 0.6 is 11.3 Å². The van der Waals surface area contributed by atoms with Gasteiger partial charge in [0.15, 0.2) is 0 Å². The zero-order valence-electron chi connectivity index (χ0n) is 17.9. The maximum Gasteiger partial charge on any atom is 0.251 e. The first-order valence-corrected chi connectivity index (χ1v) is 12.6. The van der Waals surface area contributed by atoms with Gasteiger partial charge in [-0.05, 0) is 62.1 Å². The summed E-state index contributed by atoms with van der Waals surface area (Å²) in [6.45, 7) is 6.80. The van der Waals surface area contributed by atoms with E-state index in [4.69, 9.17) is 0 Å². The quantitative estimate of drug-likeness (QED) is 0.569. The van der Waals surface area contributed by atoms with E-state index in [1.165, 1.54) is 16.9 Å². The van der Waals surface area contributed by atoms with Crippen LogP contribution in [-0.2, 0) is 24.0 Å². The van der Waals surface area contributed by atoms with Crippen molar-refractivity contribution in [3.8, 4) is 10.4 Å². The Morgan fingerprint density at radius 1 is 1.23 bits per heavy atom. The smallest absolute Gasteiger partial charge is 0.251 e. The van der Waals surface area contributed by atoms with E-state index in [9.17, 15) is 9.00 Å². The number of aromatic amines is 1. The molecule has 3 aromatic heterocycles. The largest absolute Gasteiger partial charge is 0.326 e. The number of hydrogen-bond acceptors (Lipinski definition) is 5. The molecule has 164 valence electrons. The number of piperidine rings is 1. The molecule has 0 spiro atoms. The molecule has 31 heavy (non-hydrogen) atoms. The van der Waals surface area contributed by atoms with Crippen LogP contribution in [0.3, 0.4) is 0 Å². The van der Waals surface area contributed by atoms with Gasteiger partial charge in [-0.2, -0.15) is 0 Å². The Morgan fingerprint density at radius 3 is 2.68 bits per heavy atom. The predicted octanol–water partition coefficient (Wildman–Crippen LogP) is 3.65. The molecule has 4 rings (SSSR count). The van der Waals surface area contributed by atoms with Gasteiger partial charge in [0.25, 0.3) is 5.56 Å². The lowest BCUT2D eigenvalue weighted by Crippen LogP contribution is -2.42. The zero-order valence-corrected chi connectivity index (χ0v) is 19.5. The second kappa shape index (κ2) is 9.99. The van der Waals surface area contributed by atoms with Gasteiger partial charge in [-0.1, -0.05) is 6.92 Å². The number of H-pyrrole nitrogens is 1. The van der Waals surface area contributed by atoms with Crippen LogP contribution in [0.5, 0.6) is 0 Å². The lowest BCUT2D eigenvalue weighted by Gasteiger charge is -2.32. The Labute approximate surface area is 189 Å². The highest BCUT2D eigenvalue weighted by molar-refractivity contribution is 7.85. The second-order valence-corrected chi connectivity index (χ2v) is 10.5. The van der Waals surface area contributed by atoms with Gasteiger partial charge in [-0.3, -0.25) is 14.7 Å². The molecule has 1 atom stereocenters. The molecule has 0 saturated carbocycles. The average Bonchev–Trinajstić information content (AvgIpc) is 3.26. The number of aryl methyl sites for hydroxylation is 2. The molecule has 8 heteroatoms. The summed E-state index contributed by atoms with van der Waals surface area (Å²) in [5.41, 5.74) is 3.87. The van der Waals surface area contributed by atoms with E-state index < -0.39 is 11.0 Å². The standard InChI is InChI=1S/C23H28N4O2S2/c1-3-18-14-20(16(2)25-23(18)28)21-4-5-22(30-21)31(29)26-19-8-12-27(13-9-19)15-17-6-10-24-11-7-17/h4-7,10-11,14,19,26H,3,8-9,12-13,15H2,1-2H3,(H,25,28). The minimum atomic E-state index is -1.23. The van der Waals surface area contributed by atoms with Gasteiger partial charge in [-0.25, -0.2) is 8.93 Å². The van der Waals surface area contributed by atoms with Gasteiger partial charge < -0.3 is 4.98 Å². The summed E-state index contributed by atoms with van der Waals surface area (Å²) in [5, 5.41) is 0. The SMILES string of the molecule is CCc1cc(-c2ccc(S(=O)NC3CCN(Cc4ccncc4)CC3)s2)c(C)[nH]c1=O. The summed E-state index contributed by atoms with van der Waals surface area (Å²) in [7, 11) is -1.23. The first-order chi connectivity index (χ1) is 15.0. The van der Waals surface area contributed by atoms with Crippen molar-refractivity contribution in [3.63, 3.8) is 0 Å². The Morgan fingerprint density at radius 2 is 1.97 bits per heavy atom. The molecule has 1 aliphatic heterocycles. The minimum absolute atomic E-state index is 0.0268. The fraction of sp³-hybridized carbons (Fsp3) is 0.391. The highest BCUT2D eigenvalue weighted by Gasteiger charge is 2.22. The number of nitrogens with zero attached hydrogens (tertiary/aromatic N) is 2. The first-order valence-electron chi connectivity index (χ1n) is 10.7. The summed E-state index contributed by atoms with van der Waals surface area (Å²) in [6.07, 6.45) is 6.31. The molecule has 3 aromatic rings. The van der Waals surface area contributed by atoms with Gasteiger partial charge in [0.05, 0.1) is 0 Å².